The van der Waals surface area contributed by atoms with Crippen LogP contribution in [-0.2, 0) is 6.54 Å². The number of carboxylic acids is 1. The van der Waals surface area contributed by atoms with E-state index in [0.717, 1.165) is 12.2 Å². The molecule has 1 heterocycles. The molecule has 0 spiro atoms. The van der Waals surface area contributed by atoms with Gasteiger partial charge in [-0.2, -0.15) is 5.10 Å². The summed E-state index contributed by atoms with van der Waals surface area (Å²) in [6.45, 7) is 2.75. The van der Waals surface area contributed by atoms with Gasteiger partial charge in [0.25, 0.3) is 0 Å². The maximum atomic E-state index is 11.2. The minimum Gasteiger partial charge on any atom is -0.478 e. The maximum absolute atomic E-state index is 11.2. The van der Waals surface area contributed by atoms with Gasteiger partial charge < -0.3 is 10.4 Å². The first-order valence-corrected chi connectivity index (χ1v) is 6.22. The van der Waals surface area contributed by atoms with Gasteiger partial charge in [0.15, 0.2) is 0 Å². The molecule has 2 aromatic rings. The molecule has 2 N–H and O–H groups in total. The highest BCUT2D eigenvalue weighted by atomic mass is 79.9. The lowest BCUT2D eigenvalue weighted by atomic mass is 10.2. The van der Waals surface area contributed by atoms with Crippen LogP contribution in [0.25, 0.3) is 0 Å². The van der Waals surface area contributed by atoms with Crippen molar-refractivity contribution in [3.8, 4) is 0 Å². The number of anilines is 2. The molecule has 1 aromatic heterocycles. The highest BCUT2D eigenvalue weighted by Gasteiger charge is 2.14. The number of rotatable bonds is 4. The third kappa shape index (κ3) is 2.53. The molecule has 1 aromatic carbocycles. The van der Waals surface area contributed by atoms with Gasteiger partial charge >= 0.3 is 5.97 Å². The Balaban J connectivity index is 2.34. The Morgan fingerprint density at radius 1 is 1.56 bits per heavy atom. The van der Waals surface area contributed by atoms with E-state index in [1.807, 2.05) is 13.1 Å². The summed E-state index contributed by atoms with van der Waals surface area (Å²) in [6.07, 6.45) is 3.49. The fraction of sp³-hybridized carbons (Fsp3) is 0.167. The molecular weight excluding hydrogens is 298 g/mol. The topological polar surface area (TPSA) is 67.2 Å². The summed E-state index contributed by atoms with van der Waals surface area (Å²) in [4.78, 5) is 11.2. The number of hydrogen-bond donors (Lipinski definition) is 2. The van der Waals surface area contributed by atoms with Crippen LogP contribution >= 0.6 is 15.9 Å². The molecule has 0 bridgehead atoms. The zero-order valence-corrected chi connectivity index (χ0v) is 11.3. The molecule has 94 valence electrons. The predicted octanol–water partition coefficient (Wildman–Crippen LogP) is 3.11. The number of aromatic carboxylic acids is 1. The van der Waals surface area contributed by atoms with Crippen molar-refractivity contribution in [3.63, 3.8) is 0 Å². The quantitative estimate of drug-likeness (QED) is 0.910. The number of halogens is 1. The van der Waals surface area contributed by atoms with Crippen molar-refractivity contribution >= 4 is 33.3 Å². The largest absolute Gasteiger partial charge is 0.478 e. The number of aromatic nitrogens is 2. The average molecular weight is 310 g/mol. The Morgan fingerprint density at radius 2 is 2.33 bits per heavy atom. The van der Waals surface area contributed by atoms with Gasteiger partial charge in [0.1, 0.15) is 0 Å². The minimum atomic E-state index is -0.979. The molecule has 0 aliphatic heterocycles. The van der Waals surface area contributed by atoms with Crippen molar-refractivity contribution in [1.29, 1.82) is 0 Å². The van der Waals surface area contributed by atoms with Crippen molar-refractivity contribution in [1.82, 2.24) is 9.78 Å². The highest BCUT2D eigenvalue weighted by molar-refractivity contribution is 9.10. The fourth-order valence-electron chi connectivity index (χ4n) is 1.60. The second-order valence-electron chi connectivity index (χ2n) is 3.68. The van der Waals surface area contributed by atoms with Gasteiger partial charge in [-0.25, -0.2) is 4.79 Å². The zero-order valence-electron chi connectivity index (χ0n) is 9.72. The van der Waals surface area contributed by atoms with Crippen molar-refractivity contribution < 1.29 is 9.90 Å². The standard InChI is InChI=1S/C12H12BrN3O2/c1-2-16-7-8(6-14-16)15-10-5-3-4-9(13)11(10)12(17)18/h3-7,15H,2H2,1H3,(H,17,18). The van der Waals surface area contributed by atoms with Crippen LogP contribution in [-0.4, -0.2) is 20.9 Å². The molecule has 0 aliphatic carbocycles. The summed E-state index contributed by atoms with van der Waals surface area (Å²) in [7, 11) is 0. The second kappa shape index (κ2) is 5.22. The molecule has 0 atom stereocenters. The van der Waals surface area contributed by atoms with Crippen LogP contribution in [0, 0.1) is 0 Å². The summed E-state index contributed by atoms with van der Waals surface area (Å²) in [5.74, 6) is -0.979. The molecule has 0 fully saturated rings. The summed E-state index contributed by atoms with van der Waals surface area (Å²) in [5.41, 5.74) is 1.51. The van der Waals surface area contributed by atoms with E-state index in [1.165, 1.54) is 0 Å². The highest BCUT2D eigenvalue weighted by Crippen LogP contribution is 2.27. The predicted molar refractivity (Wildman–Crippen MR) is 72.3 cm³/mol. The lowest BCUT2D eigenvalue weighted by molar-refractivity contribution is 0.0697. The maximum Gasteiger partial charge on any atom is 0.338 e. The molecule has 0 aliphatic rings. The number of nitrogens with one attached hydrogen (secondary N) is 1. The number of benzene rings is 1. The summed E-state index contributed by atoms with van der Waals surface area (Å²) >= 11 is 3.24. The minimum absolute atomic E-state index is 0.210. The molecule has 2 rings (SSSR count). The summed E-state index contributed by atoms with van der Waals surface area (Å²) < 4.78 is 2.31. The van der Waals surface area contributed by atoms with E-state index >= 15 is 0 Å². The molecule has 0 saturated carbocycles. The smallest absolute Gasteiger partial charge is 0.338 e. The number of aryl methyl sites for hydroxylation is 1. The van der Waals surface area contributed by atoms with Crippen molar-refractivity contribution in [2.45, 2.75) is 13.5 Å². The van der Waals surface area contributed by atoms with Gasteiger partial charge in [-0.15, -0.1) is 0 Å². The van der Waals surface area contributed by atoms with Crippen molar-refractivity contribution in [3.05, 3.63) is 40.6 Å². The van der Waals surface area contributed by atoms with Crippen LogP contribution in [0.3, 0.4) is 0 Å². The molecule has 5 nitrogen and oxygen atoms in total. The van der Waals surface area contributed by atoms with Gasteiger partial charge in [-0.1, -0.05) is 6.07 Å². The monoisotopic (exact) mass is 309 g/mol. The summed E-state index contributed by atoms with van der Waals surface area (Å²) in [6, 6.07) is 5.20. The number of hydrogen-bond acceptors (Lipinski definition) is 3. The van der Waals surface area contributed by atoms with Gasteiger partial charge in [0.2, 0.25) is 0 Å². The van der Waals surface area contributed by atoms with Gasteiger partial charge in [0.05, 0.1) is 23.1 Å². The van der Waals surface area contributed by atoms with Gasteiger partial charge in [-0.3, -0.25) is 4.68 Å². The van der Waals surface area contributed by atoms with E-state index in [4.69, 9.17) is 0 Å². The van der Waals surface area contributed by atoms with Crippen LogP contribution in [0.4, 0.5) is 11.4 Å². The van der Waals surface area contributed by atoms with Crippen LogP contribution in [0.1, 0.15) is 17.3 Å². The Morgan fingerprint density at radius 3 is 2.94 bits per heavy atom. The van der Waals surface area contributed by atoms with Crippen LogP contribution < -0.4 is 5.32 Å². The van der Waals surface area contributed by atoms with Crippen LogP contribution in [0.15, 0.2) is 35.1 Å². The zero-order chi connectivity index (χ0) is 13.1. The van der Waals surface area contributed by atoms with E-state index < -0.39 is 5.97 Å². The third-order valence-electron chi connectivity index (χ3n) is 2.46. The first kappa shape index (κ1) is 12.6. The Kier molecular flexibility index (Phi) is 3.66. The first-order valence-electron chi connectivity index (χ1n) is 5.43. The van der Waals surface area contributed by atoms with Crippen LogP contribution in [0.2, 0.25) is 0 Å². The van der Waals surface area contributed by atoms with E-state index in [2.05, 4.69) is 26.3 Å². The third-order valence-corrected chi connectivity index (χ3v) is 3.12. The molecular formula is C12H12BrN3O2. The summed E-state index contributed by atoms with van der Waals surface area (Å²) in [5, 5.41) is 16.4. The SMILES string of the molecule is CCn1cc(Nc2cccc(Br)c2C(=O)O)cn1. The molecule has 0 radical (unpaired) electrons. The van der Waals surface area contributed by atoms with E-state index in [-0.39, 0.29) is 5.56 Å². The van der Waals surface area contributed by atoms with E-state index in [0.29, 0.717) is 10.2 Å². The molecule has 18 heavy (non-hydrogen) atoms. The number of carbonyl (C=O) groups is 1. The van der Waals surface area contributed by atoms with Crippen molar-refractivity contribution in [2.24, 2.45) is 0 Å². The first-order chi connectivity index (χ1) is 8.61. The van der Waals surface area contributed by atoms with E-state index in [9.17, 15) is 9.90 Å². The Hall–Kier alpha value is -1.82. The fourth-order valence-corrected chi connectivity index (χ4v) is 2.14. The van der Waals surface area contributed by atoms with Gasteiger partial charge in [0, 0.05) is 17.2 Å². The molecule has 0 amide bonds. The number of carboxylic acid groups (broad SMARTS) is 1. The van der Waals surface area contributed by atoms with E-state index in [1.54, 1.807) is 29.1 Å². The molecule has 6 heteroatoms. The number of nitrogens with zero attached hydrogens (tertiary/aromatic N) is 2. The lowest BCUT2D eigenvalue weighted by Crippen LogP contribution is -2.03. The van der Waals surface area contributed by atoms with Gasteiger partial charge in [-0.05, 0) is 35.0 Å². The van der Waals surface area contributed by atoms with Crippen molar-refractivity contribution in [2.75, 3.05) is 5.32 Å². The second-order valence-corrected chi connectivity index (χ2v) is 4.53. The molecule has 0 saturated heterocycles. The lowest BCUT2D eigenvalue weighted by Gasteiger charge is -2.08. The Bertz CT molecular complexity index is 580. The normalized spacial score (nSPS) is 10.3. The average Bonchev–Trinajstić information content (AvgIpc) is 2.76. The Labute approximate surface area is 113 Å². The molecule has 0 unspecified atom stereocenters. The van der Waals surface area contributed by atoms with Crippen LogP contribution in [0.5, 0.6) is 0 Å².